The molecular formula is C22H27NO4S3. The van der Waals surface area contributed by atoms with Crippen LogP contribution in [0.3, 0.4) is 0 Å². The molecule has 0 aliphatic rings. The second-order valence-corrected chi connectivity index (χ2v) is 10.5. The average Bonchev–Trinajstić information content (AvgIpc) is 2.71. The van der Waals surface area contributed by atoms with Crippen LogP contribution in [0.15, 0.2) is 59.5 Å². The van der Waals surface area contributed by atoms with E-state index in [0.29, 0.717) is 30.3 Å². The lowest BCUT2D eigenvalue weighted by Gasteiger charge is -2.17. The van der Waals surface area contributed by atoms with Crippen molar-refractivity contribution in [1.29, 1.82) is 0 Å². The number of rotatable bonds is 11. The van der Waals surface area contributed by atoms with E-state index in [1.807, 2.05) is 44.2 Å². The molecule has 2 rings (SSSR count). The summed E-state index contributed by atoms with van der Waals surface area (Å²) >= 11 is 6.49. The zero-order valence-electron chi connectivity index (χ0n) is 17.2. The van der Waals surface area contributed by atoms with Crippen molar-refractivity contribution in [1.82, 2.24) is 4.72 Å². The number of Topliss-reactive ketones (excluding diaryl/α,β-unsaturated/α-hetero) is 1. The van der Waals surface area contributed by atoms with E-state index in [4.69, 9.17) is 17.0 Å². The van der Waals surface area contributed by atoms with Crippen molar-refractivity contribution in [2.24, 2.45) is 0 Å². The minimum atomic E-state index is -3.64. The van der Waals surface area contributed by atoms with E-state index in [0.717, 1.165) is 11.1 Å². The normalized spacial score (nSPS) is 12.3. The second-order valence-electron chi connectivity index (χ2n) is 6.83. The van der Waals surface area contributed by atoms with Crippen molar-refractivity contribution in [2.75, 3.05) is 13.2 Å². The van der Waals surface area contributed by atoms with Gasteiger partial charge in [0.15, 0.2) is 0 Å². The summed E-state index contributed by atoms with van der Waals surface area (Å²) in [4.78, 5) is 12.6. The minimum Gasteiger partial charge on any atom is -0.479 e. The fraction of sp³-hybridized carbons (Fsp3) is 0.364. The van der Waals surface area contributed by atoms with Crippen LogP contribution in [0.2, 0.25) is 0 Å². The number of carbonyl (C=O) groups excluding carboxylic acids is 1. The van der Waals surface area contributed by atoms with Gasteiger partial charge in [-0.15, -0.1) is 0 Å². The highest BCUT2D eigenvalue weighted by atomic mass is 32.2. The highest BCUT2D eigenvalue weighted by Gasteiger charge is 2.20. The summed E-state index contributed by atoms with van der Waals surface area (Å²) < 4.78 is 33.5. The number of ether oxygens (including phenoxy) is 1. The Kier molecular flexibility index (Phi) is 9.97. The lowest BCUT2D eigenvalue weighted by molar-refractivity contribution is -0.118. The molecule has 2 aromatic carbocycles. The number of ketones is 1. The van der Waals surface area contributed by atoms with Gasteiger partial charge in [0.1, 0.15) is 5.78 Å². The summed E-state index contributed by atoms with van der Waals surface area (Å²) in [6, 6.07) is 16.2. The first-order chi connectivity index (χ1) is 14.3. The fourth-order valence-corrected chi connectivity index (χ4v) is 5.30. The Balaban J connectivity index is 1.97. The van der Waals surface area contributed by atoms with E-state index in [9.17, 15) is 13.2 Å². The van der Waals surface area contributed by atoms with Gasteiger partial charge in [-0.05, 0) is 50.2 Å². The number of benzene rings is 2. The second kappa shape index (κ2) is 12.2. The Morgan fingerprint density at radius 3 is 2.43 bits per heavy atom. The zero-order valence-corrected chi connectivity index (χ0v) is 19.6. The van der Waals surface area contributed by atoms with E-state index < -0.39 is 10.0 Å². The Morgan fingerprint density at radius 2 is 1.80 bits per heavy atom. The quantitative estimate of drug-likeness (QED) is 0.499. The van der Waals surface area contributed by atoms with Crippen LogP contribution in [0.25, 0.3) is 0 Å². The molecule has 30 heavy (non-hydrogen) atoms. The Morgan fingerprint density at radius 1 is 1.13 bits per heavy atom. The predicted molar refractivity (Wildman–Crippen MR) is 126 cm³/mol. The predicted octanol–water partition coefficient (Wildman–Crippen LogP) is 4.29. The van der Waals surface area contributed by atoms with E-state index in [-0.39, 0.29) is 22.5 Å². The van der Waals surface area contributed by atoms with Gasteiger partial charge in [-0.2, -0.15) is 0 Å². The van der Waals surface area contributed by atoms with E-state index in [2.05, 4.69) is 4.72 Å². The average molecular weight is 466 g/mol. The maximum atomic E-state index is 12.6. The monoisotopic (exact) mass is 465 g/mol. The first-order valence-electron chi connectivity index (χ1n) is 9.75. The number of thiocarbonyl (C=S) groups is 1. The SMILES string of the molecule is CCOC(=S)SC(CCC(=O)Cc1ccccc1)CNS(=O)(=O)c1ccc(C)cc1. The number of aryl methyl sites for hydroxylation is 1. The topological polar surface area (TPSA) is 72.5 Å². The molecule has 5 nitrogen and oxygen atoms in total. The molecule has 1 atom stereocenters. The van der Waals surface area contributed by atoms with Gasteiger partial charge < -0.3 is 4.74 Å². The maximum Gasteiger partial charge on any atom is 0.240 e. The lowest BCUT2D eigenvalue weighted by atomic mass is 10.0. The highest BCUT2D eigenvalue weighted by molar-refractivity contribution is 8.23. The molecule has 0 amide bonds. The van der Waals surface area contributed by atoms with Crippen LogP contribution in [0.1, 0.15) is 30.9 Å². The van der Waals surface area contributed by atoms with Gasteiger partial charge >= 0.3 is 0 Å². The van der Waals surface area contributed by atoms with Crippen LogP contribution in [0, 0.1) is 6.92 Å². The molecule has 0 aliphatic carbocycles. The molecule has 0 radical (unpaired) electrons. The number of carbonyl (C=O) groups is 1. The molecule has 162 valence electrons. The first-order valence-corrected chi connectivity index (χ1v) is 12.5. The summed E-state index contributed by atoms with van der Waals surface area (Å²) in [5.41, 5.74) is 1.96. The number of hydrogen-bond donors (Lipinski definition) is 1. The number of hydrogen-bond acceptors (Lipinski definition) is 6. The first kappa shape index (κ1) is 24.5. The molecule has 0 aliphatic heterocycles. The molecule has 2 aromatic rings. The molecule has 0 spiro atoms. The Hall–Kier alpha value is -1.74. The van der Waals surface area contributed by atoms with Crippen LogP contribution in [0.4, 0.5) is 0 Å². The summed E-state index contributed by atoms with van der Waals surface area (Å²) in [6.07, 6.45) is 1.21. The molecule has 8 heteroatoms. The Labute approximate surface area is 188 Å². The van der Waals surface area contributed by atoms with Crippen LogP contribution in [-0.4, -0.2) is 37.0 Å². The summed E-state index contributed by atoms with van der Waals surface area (Å²) in [6.45, 7) is 4.34. The van der Waals surface area contributed by atoms with Crippen LogP contribution in [-0.2, 0) is 26.0 Å². The third kappa shape index (κ3) is 8.55. The van der Waals surface area contributed by atoms with Crippen molar-refractivity contribution < 1.29 is 17.9 Å². The smallest absolute Gasteiger partial charge is 0.240 e. The third-order valence-electron chi connectivity index (χ3n) is 4.35. The van der Waals surface area contributed by atoms with Crippen LogP contribution < -0.4 is 4.72 Å². The van der Waals surface area contributed by atoms with E-state index in [1.165, 1.54) is 11.8 Å². The van der Waals surface area contributed by atoms with Gasteiger partial charge in [-0.1, -0.05) is 59.8 Å². The summed E-state index contributed by atoms with van der Waals surface area (Å²) in [5, 5.41) is -0.205. The van der Waals surface area contributed by atoms with Crippen molar-refractivity contribution in [3.8, 4) is 0 Å². The van der Waals surface area contributed by atoms with Gasteiger partial charge in [0.05, 0.1) is 11.5 Å². The Bertz CT molecular complexity index is 929. The molecule has 0 fully saturated rings. The van der Waals surface area contributed by atoms with Crippen molar-refractivity contribution in [3.05, 3.63) is 65.7 Å². The van der Waals surface area contributed by atoms with Gasteiger partial charge in [-0.25, -0.2) is 13.1 Å². The maximum absolute atomic E-state index is 12.6. The van der Waals surface area contributed by atoms with E-state index >= 15 is 0 Å². The molecule has 0 aromatic heterocycles. The van der Waals surface area contributed by atoms with Crippen molar-refractivity contribution >= 4 is 44.2 Å². The number of nitrogens with one attached hydrogen (secondary N) is 1. The largest absolute Gasteiger partial charge is 0.479 e. The molecule has 1 N–H and O–H groups in total. The van der Waals surface area contributed by atoms with Crippen LogP contribution >= 0.6 is 24.0 Å². The molecule has 0 saturated heterocycles. The highest BCUT2D eigenvalue weighted by Crippen LogP contribution is 2.21. The summed E-state index contributed by atoms with van der Waals surface area (Å²) in [5.74, 6) is 0.107. The molecule has 0 heterocycles. The molecule has 0 bridgehead atoms. The van der Waals surface area contributed by atoms with Crippen molar-refractivity contribution in [3.63, 3.8) is 0 Å². The summed E-state index contributed by atoms with van der Waals surface area (Å²) in [7, 11) is -3.64. The van der Waals surface area contributed by atoms with Gasteiger partial charge in [0.2, 0.25) is 14.4 Å². The molecule has 0 saturated carbocycles. The lowest BCUT2D eigenvalue weighted by Crippen LogP contribution is -2.32. The standard InChI is InChI=1S/C22H27NO4S3/c1-3-27-22(28)29-20(12-11-19(24)15-18-7-5-4-6-8-18)16-23-30(25,26)21-13-9-17(2)10-14-21/h4-10,13-14,20,23H,3,11-12,15-16H2,1-2H3. The molecule has 1 unspecified atom stereocenters. The van der Waals surface area contributed by atoms with Gasteiger partial charge in [-0.3, -0.25) is 4.79 Å². The minimum absolute atomic E-state index is 0.107. The van der Waals surface area contributed by atoms with Gasteiger partial charge in [0.25, 0.3) is 0 Å². The molecular weight excluding hydrogens is 438 g/mol. The van der Waals surface area contributed by atoms with Crippen molar-refractivity contribution in [2.45, 2.75) is 43.3 Å². The van der Waals surface area contributed by atoms with Gasteiger partial charge in [0, 0.05) is 24.6 Å². The van der Waals surface area contributed by atoms with E-state index in [1.54, 1.807) is 24.3 Å². The number of thioether (sulfide) groups is 1. The third-order valence-corrected chi connectivity index (χ3v) is 7.24. The zero-order chi connectivity index (χ0) is 22.0. The number of sulfonamides is 1. The van der Waals surface area contributed by atoms with Crippen LogP contribution in [0.5, 0.6) is 0 Å². The fourth-order valence-electron chi connectivity index (χ4n) is 2.73.